The summed E-state index contributed by atoms with van der Waals surface area (Å²) in [5.74, 6) is 0.513. The lowest BCUT2D eigenvalue weighted by molar-refractivity contribution is 0.147. The summed E-state index contributed by atoms with van der Waals surface area (Å²) < 4.78 is 7.64. The number of ether oxygens (including phenoxy) is 1. The molecule has 1 saturated heterocycles. The maximum absolute atomic E-state index is 5.83. The normalized spacial score (nSPS) is 15.6. The molecule has 1 aliphatic heterocycles. The van der Waals surface area contributed by atoms with Crippen molar-refractivity contribution < 1.29 is 4.74 Å². The zero-order valence-corrected chi connectivity index (χ0v) is 19.9. The summed E-state index contributed by atoms with van der Waals surface area (Å²) in [4.78, 5) is 15.6. The Hall–Kier alpha value is -3.88. The minimum Gasteiger partial charge on any atom is -0.476 e. The highest BCUT2D eigenvalue weighted by Gasteiger charge is 2.12. The van der Waals surface area contributed by atoms with Gasteiger partial charge in [0.25, 0.3) is 0 Å². The van der Waals surface area contributed by atoms with E-state index in [4.69, 9.17) is 9.72 Å². The molecule has 5 rings (SSSR count). The SMILES string of the molecule is C=N/C(=C\C=C(/C)c1cnc2c(-c3ccnc4ccccc34)cnn2c1)OCCN1CCNCC1. The third-order valence-corrected chi connectivity index (χ3v) is 6.25. The largest absolute Gasteiger partial charge is 0.476 e. The first-order valence-electron chi connectivity index (χ1n) is 11.8. The first-order valence-corrected chi connectivity index (χ1v) is 11.8. The number of aromatic nitrogens is 4. The van der Waals surface area contributed by atoms with E-state index in [-0.39, 0.29) is 0 Å². The first-order chi connectivity index (χ1) is 17.2. The number of pyridine rings is 1. The van der Waals surface area contributed by atoms with Crippen LogP contribution < -0.4 is 5.32 Å². The van der Waals surface area contributed by atoms with Gasteiger partial charge in [-0.05, 0) is 36.9 Å². The van der Waals surface area contributed by atoms with Crippen LogP contribution in [0.2, 0.25) is 0 Å². The van der Waals surface area contributed by atoms with Gasteiger partial charge in [0.05, 0.1) is 11.7 Å². The molecule has 4 heterocycles. The van der Waals surface area contributed by atoms with Crippen molar-refractivity contribution in [2.24, 2.45) is 4.99 Å². The second-order valence-corrected chi connectivity index (χ2v) is 8.50. The zero-order valence-electron chi connectivity index (χ0n) is 19.9. The number of nitrogens with one attached hydrogen (secondary N) is 1. The predicted octanol–water partition coefficient (Wildman–Crippen LogP) is 3.81. The molecular formula is C27H29N7O. The third kappa shape index (κ3) is 5.13. The van der Waals surface area contributed by atoms with Gasteiger partial charge in [0.2, 0.25) is 5.88 Å². The van der Waals surface area contributed by atoms with Gasteiger partial charge in [-0.1, -0.05) is 24.3 Å². The number of piperazine rings is 1. The van der Waals surface area contributed by atoms with Crippen molar-refractivity contribution in [2.75, 3.05) is 39.3 Å². The predicted molar refractivity (Wildman–Crippen MR) is 140 cm³/mol. The van der Waals surface area contributed by atoms with E-state index in [2.05, 4.69) is 38.1 Å². The van der Waals surface area contributed by atoms with Crippen LogP contribution in [0.4, 0.5) is 0 Å². The fourth-order valence-corrected chi connectivity index (χ4v) is 4.25. The van der Waals surface area contributed by atoms with Gasteiger partial charge in [-0.25, -0.2) is 14.5 Å². The minimum absolute atomic E-state index is 0.513. The van der Waals surface area contributed by atoms with E-state index in [1.807, 2.05) is 72.6 Å². The zero-order chi connectivity index (χ0) is 24.0. The fraction of sp³-hybridized carbons (Fsp3) is 0.259. The van der Waals surface area contributed by atoms with Gasteiger partial charge in [0.15, 0.2) is 5.65 Å². The number of nitrogens with zero attached hydrogens (tertiary/aromatic N) is 6. The molecule has 0 spiro atoms. The van der Waals surface area contributed by atoms with Crippen LogP contribution >= 0.6 is 0 Å². The lowest BCUT2D eigenvalue weighted by atomic mass is 10.0. The van der Waals surface area contributed by atoms with Crippen LogP contribution in [0.15, 0.2) is 78.1 Å². The molecule has 0 atom stereocenters. The molecule has 1 aliphatic rings. The summed E-state index contributed by atoms with van der Waals surface area (Å²) in [6.45, 7) is 11.3. The maximum Gasteiger partial charge on any atom is 0.212 e. The lowest BCUT2D eigenvalue weighted by Gasteiger charge is -2.26. The Labute approximate surface area is 204 Å². The number of benzene rings is 1. The number of rotatable bonds is 8. The Morgan fingerprint density at radius 3 is 2.83 bits per heavy atom. The van der Waals surface area contributed by atoms with Crippen LogP contribution in [-0.2, 0) is 4.74 Å². The number of hydrogen-bond donors (Lipinski definition) is 1. The van der Waals surface area contributed by atoms with E-state index < -0.39 is 0 Å². The number of aliphatic imine (C=N–C) groups is 1. The quantitative estimate of drug-likeness (QED) is 0.241. The van der Waals surface area contributed by atoms with Crippen molar-refractivity contribution in [2.45, 2.75) is 6.92 Å². The van der Waals surface area contributed by atoms with Crippen molar-refractivity contribution in [3.05, 3.63) is 78.7 Å². The Balaban J connectivity index is 1.32. The third-order valence-electron chi connectivity index (χ3n) is 6.25. The average molecular weight is 468 g/mol. The number of fused-ring (bicyclic) bond motifs is 2. The lowest BCUT2D eigenvalue weighted by Crippen LogP contribution is -2.44. The summed E-state index contributed by atoms with van der Waals surface area (Å²) >= 11 is 0. The van der Waals surface area contributed by atoms with E-state index in [1.54, 1.807) is 0 Å². The van der Waals surface area contributed by atoms with Crippen LogP contribution in [0.1, 0.15) is 12.5 Å². The van der Waals surface area contributed by atoms with Crippen LogP contribution in [0.25, 0.3) is 33.3 Å². The van der Waals surface area contributed by atoms with E-state index in [0.717, 1.165) is 71.5 Å². The minimum atomic E-state index is 0.513. The highest BCUT2D eigenvalue weighted by molar-refractivity contribution is 5.97. The molecule has 0 unspecified atom stereocenters. The number of allylic oxidation sites excluding steroid dienone is 3. The summed E-state index contributed by atoms with van der Waals surface area (Å²) in [6.07, 6.45) is 11.4. The molecule has 1 fully saturated rings. The van der Waals surface area contributed by atoms with Gasteiger partial charge in [-0.2, -0.15) is 5.10 Å². The van der Waals surface area contributed by atoms with Gasteiger partial charge in [-0.3, -0.25) is 9.88 Å². The highest BCUT2D eigenvalue weighted by Crippen LogP contribution is 2.30. The molecule has 0 amide bonds. The van der Waals surface area contributed by atoms with Crippen molar-refractivity contribution in [1.29, 1.82) is 0 Å². The van der Waals surface area contributed by atoms with E-state index in [0.29, 0.717) is 12.5 Å². The Morgan fingerprint density at radius 1 is 1.11 bits per heavy atom. The molecular weight excluding hydrogens is 438 g/mol. The second kappa shape index (κ2) is 10.6. The van der Waals surface area contributed by atoms with Gasteiger partial charge in [0, 0.05) is 73.9 Å². The van der Waals surface area contributed by atoms with Crippen LogP contribution in [0.3, 0.4) is 0 Å². The van der Waals surface area contributed by atoms with Gasteiger partial charge in [0.1, 0.15) is 6.61 Å². The summed E-state index contributed by atoms with van der Waals surface area (Å²) in [5.41, 5.74) is 5.80. The van der Waals surface area contributed by atoms with Crippen molar-refractivity contribution >= 4 is 28.8 Å². The van der Waals surface area contributed by atoms with Crippen molar-refractivity contribution in [3.63, 3.8) is 0 Å². The van der Waals surface area contributed by atoms with Crippen molar-refractivity contribution in [1.82, 2.24) is 29.8 Å². The molecule has 0 bridgehead atoms. The first kappa shape index (κ1) is 22.9. The topological polar surface area (TPSA) is 79.9 Å². The van der Waals surface area contributed by atoms with E-state index in [9.17, 15) is 0 Å². The Kier molecular flexibility index (Phi) is 6.92. The standard InChI is InChI=1S/C27H29N7O/c1-20(7-8-26(28-2)35-16-15-33-13-11-29-12-14-33)21-17-31-27-24(18-32-34(27)19-21)22-9-10-30-25-6-4-3-5-23(22)25/h3-10,17-19,29H,2,11-16H2,1H3/b20-7+,26-8+. The second-order valence-electron chi connectivity index (χ2n) is 8.50. The van der Waals surface area contributed by atoms with Crippen LogP contribution in [0, 0.1) is 0 Å². The number of hydrogen-bond acceptors (Lipinski definition) is 7. The highest BCUT2D eigenvalue weighted by atomic mass is 16.5. The monoisotopic (exact) mass is 467 g/mol. The molecule has 35 heavy (non-hydrogen) atoms. The van der Waals surface area contributed by atoms with Crippen LogP contribution in [-0.4, -0.2) is 70.5 Å². The van der Waals surface area contributed by atoms with Gasteiger partial charge >= 0.3 is 0 Å². The van der Waals surface area contributed by atoms with Gasteiger partial charge < -0.3 is 10.1 Å². The molecule has 1 N–H and O–H groups in total. The smallest absolute Gasteiger partial charge is 0.212 e. The van der Waals surface area contributed by atoms with Gasteiger partial charge in [-0.15, -0.1) is 0 Å². The Bertz CT molecular complexity index is 1390. The summed E-state index contributed by atoms with van der Waals surface area (Å²) in [6, 6.07) is 10.1. The summed E-state index contributed by atoms with van der Waals surface area (Å²) in [5, 5.41) is 9.01. The Morgan fingerprint density at radius 2 is 1.97 bits per heavy atom. The molecule has 3 aromatic heterocycles. The molecule has 0 aliphatic carbocycles. The molecule has 8 nitrogen and oxygen atoms in total. The fourth-order valence-electron chi connectivity index (χ4n) is 4.25. The average Bonchev–Trinajstić information content (AvgIpc) is 3.34. The van der Waals surface area contributed by atoms with Crippen LogP contribution in [0.5, 0.6) is 0 Å². The number of para-hydroxylation sites is 1. The molecule has 178 valence electrons. The maximum atomic E-state index is 5.83. The van der Waals surface area contributed by atoms with E-state index in [1.165, 1.54) is 0 Å². The molecule has 0 radical (unpaired) electrons. The van der Waals surface area contributed by atoms with Crippen molar-refractivity contribution in [3.8, 4) is 11.1 Å². The summed E-state index contributed by atoms with van der Waals surface area (Å²) in [7, 11) is 0. The molecule has 8 heteroatoms. The molecule has 1 aromatic carbocycles. The molecule has 4 aromatic rings. The molecule has 0 saturated carbocycles. The van der Waals surface area contributed by atoms with E-state index >= 15 is 0 Å².